The van der Waals surface area contributed by atoms with E-state index in [2.05, 4.69) is 15.6 Å². The van der Waals surface area contributed by atoms with Crippen LogP contribution in [0.2, 0.25) is 0 Å². The van der Waals surface area contributed by atoms with Crippen LogP contribution in [-0.2, 0) is 13.1 Å². The Morgan fingerprint density at radius 3 is 2.64 bits per heavy atom. The van der Waals surface area contributed by atoms with Crippen LogP contribution in [0.1, 0.15) is 31.0 Å². The van der Waals surface area contributed by atoms with Gasteiger partial charge in [0.2, 0.25) is 0 Å². The summed E-state index contributed by atoms with van der Waals surface area (Å²) in [5.74, 6) is 0.438. The first-order chi connectivity index (χ1) is 13.7. The summed E-state index contributed by atoms with van der Waals surface area (Å²) in [7, 11) is 0. The summed E-state index contributed by atoms with van der Waals surface area (Å²) in [5, 5.41) is 6.32. The third kappa shape index (κ3) is 5.66. The van der Waals surface area contributed by atoms with Crippen molar-refractivity contribution in [2.45, 2.75) is 38.9 Å². The second-order valence-electron chi connectivity index (χ2n) is 6.81. The lowest BCUT2D eigenvalue weighted by molar-refractivity contribution is 0.153. The topological polar surface area (TPSA) is 66.5 Å². The van der Waals surface area contributed by atoms with Crippen molar-refractivity contribution in [1.29, 1.82) is 0 Å². The quantitative estimate of drug-likeness (QED) is 0.768. The highest BCUT2D eigenvalue weighted by Gasteiger charge is 2.25. The van der Waals surface area contributed by atoms with E-state index in [1.807, 2.05) is 36.1 Å². The molecule has 0 radical (unpaired) electrons. The molecule has 0 aliphatic carbocycles. The number of hydrogen-bond acceptors (Lipinski definition) is 4. The molecule has 2 N–H and O–H groups in total. The molecule has 0 saturated carbocycles. The van der Waals surface area contributed by atoms with Gasteiger partial charge in [0.1, 0.15) is 11.6 Å². The van der Waals surface area contributed by atoms with Crippen LogP contribution in [-0.4, -0.2) is 41.7 Å². The third-order valence-electron chi connectivity index (χ3n) is 4.81. The van der Waals surface area contributed by atoms with Gasteiger partial charge in [0, 0.05) is 12.6 Å². The number of carbonyl (C=O) groups excluding carboxylic acids is 1. The van der Waals surface area contributed by atoms with Crippen molar-refractivity contribution in [1.82, 2.24) is 20.5 Å². The summed E-state index contributed by atoms with van der Waals surface area (Å²) in [5.41, 5.74) is 1.68. The van der Waals surface area contributed by atoms with E-state index in [0.717, 1.165) is 37.2 Å². The zero-order valence-electron chi connectivity index (χ0n) is 16.2. The van der Waals surface area contributed by atoms with Gasteiger partial charge in [0.15, 0.2) is 0 Å². The Morgan fingerprint density at radius 1 is 1.25 bits per heavy atom. The smallest absolute Gasteiger partial charge is 0.318 e. The van der Waals surface area contributed by atoms with Crippen molar-refractivity contribution in [2.75, 3.05) is 19.7 Å². The monoisotopic (exact) mass is 386 g/mol. The highest BCUT2D eigenvalue weighted by molar-refractivity contribution is 5.74. The van der Waals surface area contributed by atoms with Crippen LogP contribution in [0.3, 0.4) is 0 Å². The van der Waals surface area contributed by atoms with Gasteiger partial charge in [-0.25, -0.2) is 9.18 Å². The fourth-order valence-electron chi connectivity index (χ4n) is 3.31. The molecule has 150 valence electrons. The number of hydrogen-bond donors (Lipinski definition) is 2. The first kappa shape index (κ1) is 20.1. The Balaban J connectivity index is 1.64. The molecule has 1 aromatic carbocycles. The molecular weight excluding hydrogens is 359 g/mol. The molecule has 2 heterocycles. The van der Waals surface area contributed by atoms with Crippen molar-refractivity contribution in [3.63, 3.8) is 0 Å². The molecule has 1 fully saturated rings. The standard InChI is InChI=1S/C21H27FN4O2/c1-2-28-20-7-3-16(4-8-20)13-25-21(27)26(19-9-11-23-12-10-19)15-18-6-5-17(22)14-24-18/h3-8,14,19,23H,2,9-13,15H2,1H3,(H,25,27). The minimum Gasteiger partial charge on any atom is -0.494 e. The largest absolute Gasteiger partial charge is 0.494 e. The minimum atomic E-state index is -0.378. The molecule has 3 rings (SSSR count). The van der Waals surface area contributed by atoms with Gasteiger partial charge in [0.05, 0.1) is 25.0 Å². The number of benzene rings is 1. The molecule has 1 aromatic heterocycles. The predicted octanol–water partition coefficient (Wildman–Crippen LogP) is 3.08. The number of nitrogens with zero attached hydrogens (tertiary/aromatic N) is 2. The van der Waals surface area contributed by atoms with E-state index in [1.165, 1.54) is 12.3 Å². The van der Waals surface area contributed by atoms with E-state index >= 15 is 0 Å². The number of amides is 2. The second kappa shape index (κ2) is 10.0. The number of pyridine rings is 1. The Bertz CT molecular complexity index is 746. The highest BCUT2D eigenvalue weighted by atomic mass is 19.1. The normalized spacial score (nSPS) is 14.5. The van der Waals surface area contributed by atoms with Crippen molar-refractivity contribution in [2.24, 2.45) is 0 Å². The summed E-state index contributed by atoms with van der Waals surface area (Å²) in [6, 6.07) is 10.7. The summed E-state index contributed by atoms with van der Waals surface area (Å²) in [6.45, 7) is 5.12. The van der Waals surface area contributed by atoms with Crippen molar-refractivity contribution in [3.05, 3.63) is 59.7 Å². The van der Waals surface area contributed by atoms with E-state index in [-0.39, 0.29) is 17.9 Å². The van der Waals surface area contributed by atoms with Gasteiger partial charge in [-0.05, 0) is 62.7 Å². The molecule has 0 bridgehead atoms. The lowest BCUT2D eigenvalue weighted by Crippen LogP contribution is -2.49. The van der Waals surface area contributed by atoms with Crippen LogP contribution in [0, 0.1) is 5.82 Å². The highest BCUT2D eigenvalue weighted by Crippen LogP contribution is 2.16. The molecule has 0 spiro atoms. The molecule has 1 saturated heterocycles. The maximum absolute atomic E-state index is 13.1. The Kier molecular flexibility index (Phi) is 7.19. The van der Waals surface area contributed by atoms with Crippen LogP contribution in [0.15, 0.2) is 42.6 Å². The number of halogens is 1. The summed E-state index contributed by atoms with van der Waals surface area (Å²) < 4.78 is 18.6. The number of ether oxygens (including phenoxy) is 1. The van der Waals surface area contributed by atoms with Crippen LogP contribution in [0.25, 0.3) is 0 Å². The van der Waals surface area contributed by atoms with Gasteiger partial charge in [-0.2, -0.15) is 0 Å². The Morgan fingerprint density at radius 2 is 2.00 bits per heavy atom. The zero-order valence-corrected chi connectivity index (χ0v) is 16.2. The van der Waals surface area contributed by atoms with Gasteiger partial charge in [0.25, 0.3) is 0 Å². The van der Waals surface area contributed by atoms with Gasteiger partial charge in [-0.1, -0.05) is 12.1 Å². The van der Waals surface area contributed by atoms with E-state index in [9.17, 15) is 9.18 Å². The van der Waals surface area contributed by atoms with Gasteiger partial charge in [-0.3, -0.25) is 4.98 Å². The third-order valence-corrected chi connectivity index (χ3v) is 4.81. The maximum Gasteiger partial charge on any atom is 0.318 e. The zero-order chi connectivity index (χ0) is 19.8. The number of aromatic nitrogens is 1. The minimum absolute atomic E-state index is 0.132. The first-order valence-corrected chi connectivity index (χ1v) is 9.73. The molecule has 1 aliphatic heterocycles. The average Bonchev–Trinajstić information content (AvgIpc) is 2.73. The molecule has 2 amide bonds. The summed E-state index contributed by atoms with van der Waals surface area (Å²) in [6.07, 6.45) is 2.96. The van der Waals surface area contributed by atoms with Gasteiger partial charge < -0.3 is 20.3 Å². The average molecular weight is 386 g/mol. The lowest BCUT2D eigenvalue weighted by atomic mass is 10.0. The Hall–Kier alpha value is -2.67. The number of rotatable bonds is 7. The van der Waals surface area contributed by atoms with E-state index in [4.69, 9.17) is 4.74 Å². The molecule has 6 nitrogen and oxygen atoms in total. The van der Waals surface area contributed by atoms with Gasteiger partial charge >= 0.3 is 6.03 Å². The molecule has 28 heavy (non-hydrogen) atoms. The summed E-state index contributed by atoms with van der Waals surface area (Å²) >= 11 is 0. The molecule has 0 atom stereocenters. The van der Waals surface area contributed by atoms with Crippen molar-refractivity contribution in [3.8, 4) is 5.75 Å². The molecule has 1 aliphatic rings. The number of nitrogens with one attached hydrogen (secondary N) is 2. The number of urea groups is 1. The summed E-state index contributed by atoms with van der Waals surface area (Å²) in [4.78, 5) is 18.9. The molecule has 0 unspecified atom stereocenters. The second-order valence-corrected chi connectivity index (χ2v) is 6.81. The SMILES string of the molecule is CCOc1ccc(CNC(=O)N(Cc2ccc(F)cn2)C2CCNCC2)cc1. The first-order valence-electron chi connectivity index (χ1n) is 9.73. The van der Waals surface area contributed by atoms with Crippen molar-refractivity contribution >= 4 is 6.03 Å². The molecule has 2 aromatic rings. The fraction of sp³-hybridized carbons (Fsp3) is 0.429. The van der Waals surface area contributed by atoms with Crippen LogP contribution < -0.4 is 15.4 Å². The lowest BCUT2D eigenvalue weighted by Gasteiger charge is -2.34. The van der Waals surface area contributed by atoms with E-state index < -0.39 is 0 Å². The Labute approximate surface area is 165 Å². The predicted molar refractivity (Wildman–Crippen MR) is 105 cm³/mol. The van der Waals surface area contributed by atoms with Crippen molar-refractivity contribution < 1.29 is 13.9 Å². The van der Waals surface area contributed by atoms with Crippen LogP contribution in [0.5, 0.6) is 5.75 Å². The van der Waals surface area contributed by atoms with E-state index in [1.54, 1.807) is 6.07 Å². The molecular formula is C21H27FN4O2. The fourth-order valence-corrected chi connectivity index (χ4v) is 3.31. The van der Waals surface area contributed by atoms with Gasteiger partial charge in [-0.15, -0.1) is 0 Å². The maximum atomic E-state index is 13.1. The van der Waals surface area contributed by atoms with E-state index in [0.29, 0.717) is 25.4 Å². The number of piperidine rings is 1. The molecule has 7 heteroatoms. The number of carbonyl (C=O) groups is 1. The van der Waals surface area contributed by atoms with Crippen LogP contribution in [0.4, 0.5) is 9.18 Å². The van der Waals surface area contributed by atoms with Crippen LogP contribution >= 0.6 is 0 Å².